The molecule has 136 valence electrons. The molecule has 0 bridgehead atoms. The highest BCUT2D eigenvalue weighted by molar-refractivity contribution is 7.92. The molecule has 2 aliphatic rings. The van der Waals surface area contributed by atoms with Gasteiger partial charge in [0.15, 0.2) is 11.5 Å². The Kier molecular flexibility index (Phi) is 3.99. The molecular weight excluding hydrogens is 356 g/mol. The zero-order valence-corrected chi connectivity index (χ0v) is 15.0. The first-order valence-electron chi connectivity index (χ1n) is 8.27. The number of benzene rings is 2. The van der Waals surface area contributed by atoms with E-state index in [0.29, 0.717) is 22.9 Å². The number of amides is 1. The van der Waals surface area contributed by atoms with Crippen molar-refractivity contribution in [1.29, 1.82) is 0 Å². The number of fused-ring (bicyclic) bond motifs is 1. The van der Waals surface area contributed by atoms with Gasteiger partial charge in [0.25, 0.3) is 10.0 Å². The van der Waals surface area contributed by atoms with E-state index >= 15 is 0 Å². The normalized spacial score (nSPS) is 15.6. The van der Waals surface area contributed by atoms with Gasteiger partial charge in [0.05, 0.1) is 10.6 Å². The van der Waals surface area contributed by atoms with Crippen molar-refractivity contribution in [1.82, 2.24) is 0 Å². The third kappa shape index (κ3) is 3.08. The van der Waals surface area contributed by atoms with Crippen LogP contribution in [0, 0.1) is 0 Å². The summed E-state index contributed by atoms with van der Waals surface area (Å²) in [7, 11) is -3.74. The van der Waals surface area contributed by atoms with Gasteiger partial charge in [-0.25, -0.2) is 8.42 Å². The number of rotatable bonds is 5. The van der Waals surface area contributed by atoms with Crippen molar-refractivity contribution in [2.24, 2.45) is 0 Å². The monoisotopic (exact) mass is 374 g/mol. The molecule has 0 saturated heterocycles. The van der Waals surface area contributed by atoms with Crippen LogP contribution in [-0.2, 0) is 14.8 Å². The molecule has 0 aromatic heterocycles. The summed E-state index contributed by atoms with van der Waals surface area (Å²) in [5.41, 5.74) is 1.19. The zero-order valence-electron chi connectivity index (χ0n) is 14.1. The number of ether oxygens (including phenoxy) is 2. The quantitative estimate of drug-likeness (QED) is 0.870. The Hall–Kier alpha value is -2.74. The predicted molar refractivity (Wildman–Crippen MR) is 96.0 cm³/mol. The van der Waals surface area contributed by atoms with Crippen LogP contribution in [0.25, 0.3) is 0 Å². The lowest BCUT2D eigenvalue weighted by Crippen LogP contribution is -2.33. The van der Waals surface area contributed by atoms with Crippen molar-refractivity contribution >= 4 is 27.3 Å². The highest BCUT2D eigenvalue weighted by Gasteiger charge is 2.38. The molecule has 0 radical (unpaired) electrons. The molecule has 1 N–H and O–H groups in total. The molecule has 0 unspecified atom stereocenters. The largest absolute Gasteiger partial charge is 0.454 e. The molecule has 1 aliphatic heterocycles. The number of carbonyl (C=O) groups is 1. The van der Waals surface area contributed by atoms with E-state index in [1.807, 2.05) is 0 Å². The minimum Gasteiger partial charge on any atom is -0.454 e. The number of sulfonamides is 1. The Bertz CT molecular complexity index is 952. The highest BCUT2D eigenvalue weighted by Crippen LogP contribution is 2.39. The van der Waals surface area contributed by atoms with Gasteiger partial charge in [0.1, 0.15) is 0 Å². The van der Waals surface area contributed by atoms with E-state index in [1.165, 1.54) is 23.4 Å². The van der Waals surface area contributed by atoms with Gasteiger partial charge < -0.3 is 14.8 Å². The molecule has 1 aliphatic carbocycles. The van der Waals surface area contributed by atoms with Crippen LogP contribution in [0.15, 0.2) is 47.4 Å². The molecule has 2 aromatic rings. The van der Waals surface area contributed by atoms with E-state index in [1.54, 1.807) is 30.3 Å². The summed E-state index contributed by atoms with van der Waals surface area (Å²) in [6, 6.07) is 11.4. The molecule has 7 nitrogen and oxygen atoms in total. The summed E-state index contributed by atoms with van der Waals surface area (Å²) in [6.07, 6.45) is 1.63. The van der Waals surface area contributed by atoms with E-state index < -0.39 is 10.0 Å². The number of hydrogen-bond acceptors (Lipinski definition) is 5. The lowest BCUT2D eigenvalue weighted by atomic mass is 10.2. The van der Waals surface area contributed by atoms with Crippen molar-refractivity contribution in [2.75, 3.05) is 16.4 Å². The molecule has 1 heterocycles. The smallest absolute Gasteiger partial charge is 0.264 e. The van der Waals surface area contributed by atoms with Crippen LogP contribution in [-0.4, -0.2) is 27.2 Å². The van der Waals surface area contributed by atoms with Crippen LogP contribution in [0.2, 0.25) is 0 Å². The van der Waals surface area contributed by atoms with Crippen LogP contribution in [0.1, 0.15) is 19.8 Å². The van der Waals surface area contributed by atoms with E-state index in [0.717, 1.165) is 12.8 Å². The Morgan fingerprint density at radius 3 is 2.42 bits per heavy atom. The number of hydrogen-bond donors (Lipinski definition) is 1. The van der Waals surface area contributed by atoms with Crippen LogP contribution in [0.3, 0.4) is 0 Å². The third-order valence-electron chi connectivity index (χ3n) is 4.22. The van der Waals surface area contributed by atoms with Crippen molar-refractivity contribution in [3.63, 3.8) is 0 Å². The molecule has 0 spiro atoms. The fourth-order valence-electron chi connectivity index (χ4n) is 2.90. The molecule has 2 aromatic carbocycles. The number of carbonyl (C=O) groups excluding carboxylic acids is 1. The van der Waals surface area contributed by atoms with Crippen LogP contribution >= 0.6 is 0 Å². The molecular formula is C18H18N2O5S. The molecule has 1 saturated carbocycles. The zero-order chi connectivity index (χ0) is 18.3. The summed E-state index contributed by atoms with van der Waals surface area (Å²) < 4.78 is 38.5. The van der Waals surface area contributed by atoms with Crippen molar-refractivity contribution < 1.29 is 22.7 Å². The Morgan fingerprint density at radius 2 is 1.77 bits per heavy atom. The van der Waals surface area contributed by atoms with Gasteiger partial charge in [-0.15, -0.1) is 0 Å². The maximum Gasteiger partial charge on any atom is 0.264 e. The van der Waals surface area contributed by atoms with Gasteiger partial charge in [0, 0.05) is 24.7 Å². The van der Waals surface area contributed by atoms with Gasteiger partial charge in [-0.3, -0.25) is 9.10 Å². The SMILES string of the molecule is CC(=O)Nc1ccc(N(C2CC2)S(=O)(=O)c2ccc3c(c2)OCO3)cc1. The maximum absolute atomic E-state index is 13.2. The van der Waals surface area contributed by atoms with Crippen molar-refractivity contribution in [3.8, 4) is 11.5 Å². The molecule has 26 heavy (non-hydrogen) atoms. The van der Waals surface area contributed by atoms with E-state index in [4.69, 9.17) is 9.47 Å². The number of nitrogens with zero attached hydrogens (tertiary/aromatic N) is 1. The minimum absolute atomic E-state index is 0.0583. The lowest BCUT2D eigenvalue weighted by Gasteiger charge is -2.24. The minimum atomic E-state index is -3.74. The van der Waals surface area contributed by atoms with Gasteiger partial charge in [-0.05, 0) is 49.2 Å². The molecule has 1 amide bonds. The summed E-state index contributed by atoms with van der Waals surface area (Å²) in [6.45, 7) is 1.52. The summed E-state index contributed by atoms with van der Waals surface area (Å²) in [5.74, 6) is 0.800. The van der Waals surface area contributed by atoms with Gasteiger partial charge in [0.2, 0.25) is 12.7 Å². The molecule has 0 atom stereocenters. The second kappa shape index (κ2) is 6.21. The predicted octanol–water partition coefficient (Wildman–Crippen LogP) is 2.73. The fourth-order valence-corrected chi connectivity index (χ4v) is 4.63. The Labute approximate surface area is 151 Å². The maximum atomic E-state index is 13.2. The molecule has 1 fully saturated rings. The van der Waals surface area contributed by atoms with Crippen LogP contribution in [0.4, 0.5) is 11.4 Å². The number of anilines is 2. The van der Waals surface area contributed by atoms with Crippen LogP contribution < -0.4 is 19.1 Å². The second-order valence-electron chi connectivity index (χ2n) is 6.28. The first kappa shape index (κ1) is 16.7. The number of nitrogens with one attached hydrogen (secondary N) is 1. The average Bonchev–Trinajstić information content (AvgIpc) is 3.30. The molecule has 8 heteroatoms. The summed E-state index contributed by atoms with van der Waals surface area (Å²) in [4.78, 5) is 11.3. The lowest BCUT2D eigenvalue weighted by molar-refractivity contribution is -0.114. The van der Waals surface area contributed by atoms with Gasteiger partial charge in [-0.2, -0.15) is 0 Å². The Balaban J connectivity index is 1.68. The van der Waals surface area contributed by atoms with Gasteiger partial charge in [-0.1, -0.05) is 0 Å². The van der Waals surface area contributed by atoms with E-state index in [2.05, 4.69) is 5.32 Å². The fraction of sp³-hybridized carbons (Fsp3) is 0.278. The van der Waals surface area contributed by atoms with Gasteiger partial charge >= 0.3 is 0 Å². The van der Waals surface area contributed by atoms with E-state index in [-0.39, 0.29) is 23.6 Å². The third-order valence-corrected chi connectivity index (χ3v) is 6.10. The van der Waals surface area contributed by atoms with E-state index in [9.17, 15) is 13.2 Å². The first-order valence-corrected chi connectivity index (χ1v) is 9.71. The summed E-state index contributed by atoms with van der Waals surface area (Å²) >= 11 is 0. The topological polar surface area (TPSA) is 84.9 Å². The van der Waals surface area contributed by atoms with Crippen LogP contribution in [0.5, 0.6) is 11.5 Å². The average molecular weight is 374 g/mol. The van der Waals surface area contributed by atoms with Crippen molar-refractivity contribution in [2.45, 2.75) is 30.7 Å². The standard InChI is InChI=1S/C18H18N2O5S/c1-12(21)19-13-2-4-14(5-3-13)20(15-6-7-15)26(22,23)16-8-9-17-18(10-16)25-11-24-17/h2-5,8-10,15H,6-7,11H2,1H3,(H,19,21). The summed E-state index contributed by atoms with van der Waals surface area (Å²) in [5, 5.41) is 2.68. The van der Waals surface area contributed by atoms with Crippen molar-refractivity contribution in [3.05, 3.63) is 42.5 Å². The molecule has 4 rings (SSSR count). The Morgan fingerprint density at radius 1 is 1.08 bits per heavy atom. The first-order chi connectivity index (χ1) is 12.4. The second-order valence-corrected chi connectivity index (χ2v) is 8.09. The highest BCUT2D eigenvalue weighted by atomic mass is 32.2.